The fourth-order valence-corrected chi connectivity index (χ4v) is 12.0. The maximum absolute atomic E-state index is 13.0. The van der Waals surface area contributed by atoms with Gasteiger partial charge in [-0.05, 0) is 37.5 Å². The highest BCUT2D eigenvalue weighted by atomic mass is 31.2. The van der Waals surface area contributed by atoms with Crippen molar-refractivity contribution in [2.24, 2.45) is 11.8 Å². The molecule has 522 valence electrons. The smallest absolute Gasteiger partial charge is 0.462 e. The average molecular weight is 1300 g/mol. The van der Waals surface area contributed by atoms with Crippen LogP contribution in [0.4, 0.5) is 0 Å². The zero-order valence-electron chi connectivity index (χ0n) is 57.0. The normalized spacial score (nSPS) is 14.5. The van der Waals surface area contributed by atoms with Crippen LogP contribution >= 0.6 is 15.6 Å². The SMILES string of the molecule is CCCCCCCCCCCCCC(=O)O[C@H](COC(=O)CCCCCCCCCCCC)COP(=O)(O)OC[C@H](O)COP(=O)(O)OC[C@@H](COC(=O)CCCCCCCCCCC(C)CC)OC(=O)CCCCCCCCCCCCCCC(C)C. The number of phosphoric acid groups is 2. The second kappa shape index (κ2) is 61.3. The van der Waals surface area contributed by atoms with Crippen LogP contribution in [0.25, 0.3) is 0 Å². The summed E-state index contributed by atoms with van der Waals surface area (Å²) < 4.78 is 68.2. The van der Waals surface area contributed by atoms with Crippen molar-refractivity contribution < 1.29 is 80.2 Å². The molecule has 0 bridgehead atoms. The molecule has 19 heteroatoms. The van der Waals surface area contributed by atoms with Crippen LogP contribution < -0.4 is 0 Å². The molecule has 0 saturated carbocycles. The molecule has 0 rings (SSSR count). The van der Waals surface area contributed by atoms with Crippen molar-refractivity contribution in [1.29, 1.82) is 0 Å². The number of carbonyl (C=O) groups is 4. The minimum absolute atomic E-state index is 0.106. The number of hydrogen-bond donors (Lipinski definition) is 3. The van der Waals surface area contributed by atoms with Crippen molar-refractivity contribution in [2.75, 3.05) is 39.6 Å². The van der Waals surface area contributed by atoms with E-state index >= 15 is 0 Å². The van der Waals surface area contributed by atoms with Crippen LogP contribution in [0.2, 0.25) is 0 Å². The number of aliphatic hydroxyl groups excluding tert-OH is 1. The third kappa shape index (κ3) is 61.6. The van der Waals surface area contributed by atoms with Gasteiger partial charge in [0.25, 0.3) is 0 Å². The average Bonchev–Trinajstić information content (AvgIpc) is 3.61. The van der Waals surface area contributed by atoms with E-state index in [2.05, 4.69) is 41.5 Å². The minimum atomic E-state index is -4.95. The van der Waals surface area contributed by atoms with Crippen LogP contribution in [0.15, 0.2) is 0 Å². The Balaban J connectivity index is 5.25. The van der Waals surface area contributed by atoms with E-state index in [1.165, 1.54) is 167 Å². The number of ether oxygens (including phenoxy) is 4. The number of hydrogen-bond acceptors (Lipinski definition) is 15. The first-order valence-corrected chi connectivity index (χ1v) is 39.0. The first-order valence-electron chi connectivity index (χ1n) is 36.0. The van der Waals surface area contributed by atoms with Crippen LogP contribution in [0.3, 0.4) is 0 Å². The zero-order chi connectivity index (χ0) is 65.0. The lowest BCUT2D eigenvalue weighted by Gasteiger charge is -2.21. The summed E-state index contributed by atoms with van der Waals surface area (Å²) in [6.07, 6.45) is 45.6. The van der Waals surface area contributed by atoms with Gasteiger partial charge in [0, 0.05) is 25.7 Å². The van der Waals surface area contributed by atoms with E-state index in [-0.39, 0.29) is 25.7 Å². The standard InChI is InChI=1S/C69H134O17P2/c1-7-10-12-14-16-18-22-27-35-41-47-53-68(73)85-64(57-79-66(71)51-45-39-33-26-19-17-15-13-11-8-2)59-83-87(75,76)81-55-63(70)56-82-88(77,78)84-60-65(58-80-67(72)52-46-40-34-30-29-32-38-44-50-62(6)9-3)86-69(74)54-48-42-36-28-24-21-20-23-25-31-37-43-49-61(4)5/h61-65,70H,7-60H2,1-6H3,(H,75,76)(H,77,78)/t62?,63-,64+,65+/m0/s1. The highest BCUT2D eigenvalue weighted by Crippen LogP contribution is 2.45. The summed E-state index contributed by atoms with van der Waals surface area (Å²) in [6.45, 7) is 9.54. The summed E-state index contributed by atoms with van der Waals surface area (Å²) in [7, 11) is -9.90. The van der Waals surface area contributed by atoms with Gasteiger partial charge in [-0.3, -0.25) is 37.3 Å². The fraction of sp³-hybridized carbons (Fsp3) is 0.942. The van der Waals surface area contributed by atoms with Gasteiger partial charge in [0.15, 0.2) is 12.2 Å². The number of aliphatic hydroxyl groups is 1. The number of carbonyl (C=O) groups excluding carboxylic acids is 4. The fourth-order valence-electron chi connectivity index (χ4n) is 10.4. The highest BCUT2D eigenvalue weighted by Gasteiger charge is 2.30. The lowest BCUT2D eigenvalue weighted by atomic mass is 9.99. The van der Waals surface area contributed by atoms with Crippen LogP contribution in [-0.4, -0.2) is 96.7 Å². The Bertz CT molecular complexity index is 1720. The molecular weight excluding hydrogens is 1160 g/mol. The Morgan fingerprint density at radius 1 is 0.330 bits per heavy atom. The van der Waals surface area contributed by atoms with Crippen molar-refractivity contribution in [1.82, 2.24) is 0 Å². The van der Waals surface area contributed by atoms with Crippen molar-refractivity contribution in [2.45, 2.75) is 368 Å². The highest BCUT2D eigenvalue weighted by molar-refractivity contribution is 7.47. The summed E-state index contributed by atoms with van der Waals surface area (Å²) in [5.74, 6) is -0.571. The molecule has 3 unspecified atom stereocenters. The molecule has 0 aliphatic carbocycles. The van der Waals surface area contributed by atoms with Crippen LogP contribution in [0.1, 0.15) is 350 Å². The summed E-state index contributed by atoms with van der Waals surface area (Å²) >= 11 is 0. The maximum atomic E-state index is 13.0. The lowest BCUT2D eigenvalue weighted by Crippen LogP contribution is -2.30. The van der Waals surface area contributed by atoms with Gasteiger partial charge in [-0.1, -0.05) is 298 Å². The summed E-state index contributed by atoms with van der Waals surface area (Å²) in [5, 5.41) is 10.6. The number of phosphoric ester groups is 2. The third-order valence-electron chi connectivity index (χ3n) is 16.3. The molecule has 0 amide bonds. The number of esters is 4. The molecule has 0 aromatic rings. The number of unbranched alkanes of at least 4 members (excludes halogenated alkanes) is 37. The molecule has 0 fully saturated rings. The van der Waals surface area contributed by atoms with Crippen molar-refractivity contribution >= 4 is 39.5 Å². The van der Waals surface area contributed by atoms with Crippen molar-refractivity contribution in [3.8, 4) is 0 Å². The van der Waals surface area contributed by atoms with E-state index in [0.29, 0.717) is 25.7 Å². The van der Waals surface area contributed by atoms with Crippen LogP contribution in [0, 0.1) is 11.8 Å². The molecule has 0 aliphatic heterocycles. The van der Waals surface area contributed by atoms with Gasteiger partial charge >= 0.3 is 39.5 Å². The van der Waals surface area contributed by atoms with Crippen molar-refractivity contribution in [3.05, 3.63) is 0 Å². The summed E-state index contributed by atoms with van der Waals surface area (Å²) in [6, 6.07) is 0. The Morgan fingerprint density at radius 3 is 0.864 bits per heavy atom. The van der Waals surface area contributed by atoms with Gasteiger partial charge in [0.2, 0.25) is 0 Å². The van der Waals surface area contributed by atoms with Crippen molar-refractivity contribution in [3.63, 3.8) is 0 Å². The maximum Gasteiger partial charge on any atom is 0.472 e. The van der Waals surface area contributed by atoms with Gasteiger partial charge in [-0.2, -0.15) is 0 Å². The molecule has 17 nitrogen and oxygen atoms in total. The summed E-state index contributed by atoms with van der Waals surface area (Å²) in [5.41, 5.74) is 0. The molecule has 0 heterocycles. The van der Waals surface area contributed by atoms with E-state index in [9.17, 15) is 43.2 Å². The predicted octanol–water partition coefficient (Wildman–Crippen LogP) is 19.6. The first kappa shape index (κ1) is 86.1. The van der Waals surface area contributed by atoms with E-state index in [4.69, 9.17) is 37.0 Å². The van der Waals surface area contributed by atoms with E-state index < -0.39 is 97.5 Å². The van der Waals surface area contributed by atoms with Gasteiger partial charge in [0.1, 0.15) is 19.3 Å². The zero-order valence-corrected chi connectivity index (χ0v) is 58.8. The van der Waals surface area contributed by atoms with E-state index in [1.807, 2.05) is 0 Å². The molecule has 0 aromatic heterocycles. The van der Waals surface area contributed by atoms with Crippen LogP contribution in [0.5, 0.6) is 0 Å². The molecule has 6 atom stereocenters. The number of rotatable bonds is 68. The monoisotopic (exact) mass is 1300 g/mol. The van der Waals surface area contributed by atoms with Crippen LogP contribution in [-0.2, 0) is 65.4 Å². The molecule has 0 saturated heterocycles. The lowest BCUT2D eigenvalue weighted by molar-refractivity contribution is -0.161. The van der Waals surface area contributed by atoms with E-state index in [0.717, 1.165) is 102 Å². The van der Waals surface area contributed by atoms with Gasteiger partial charge in [-0.15, -0.1) is 0 Å². The minimum Gasteiger partial charge on any atom is -0.462 e. The van der Waals surface area contributed by atoms with E-state index in [1.54, 1.807) is 0 Å². The summed E-state index contributed by atoms with van der Waals surface area (Å²) in [4.78, 5) is 72.5. The van der Waals surface area contributed by atoms with Gasteiger partial charge in [0.05, 0.1) is 26.4 Å². The van der Waals surface area contributed by atoms with Gasteiger partial charge in [-0.25, -0.2) is 9.13 Å². The molecular formula is C69H134O17P2. The van der Waals surface area contributed by atoms with Gasteiger partial charge < -0.3 is 33.8 Å². The Morgan fingerprint density at radius 2 is 0.580 bits per heavy atom. The molecule has 0 aliphatic rings. The molecule has 0 spiro atoms. The topological polar surface area (TPSA) is 237 Å². The Hall–Kier alpha value is -1.94. The first-order chi connectivity index (χ1) is 42.4. The second-order valence-electron chi connectivity index (χ2n) is 25.6. The molecule has 0 radical (unpaired) electrons. The molecule has 88 heavy (non-hydrogen) atoms. The quantitative estimate of drug-likeness (QED) is 0.0222. The Labute approximate surface area is 537 Å². The Kier molecular flexibility index (Phi) is 59.9. The third-order valence-corrected chi connectivity index (χ3v) is 18.2. The predicted molar refractivity (Wildman–Crippen MR) is 354 cm³/mol. The second-order valence-corrected chi connectivity index (χ2v) is 28.5. The largest absolute Gasteiger partial charge is 0.472 e. The molecule has 3 N–H and O–H groups in total. The molecule has 0 aromatic carbocycles.